The van der Waals surface area contributed by atoms with E-state index in [2.05, 4.69) is 31.4 Å². The number of hydrogen-bond donors (Lipinski definition) is 3. The van der Waals surface area contributed by atoms with Gasteiger partial charge in [0.1, 0.15) is 0 Å². The highest BCUT2D eigenvalue weighted by Gasteiger charge is 2.14. The second-order valence-electron chi connectivity index (χ2n) is 4.58. The van der Waals surface area contributed by atoms with E-state index in [4.69, 9.17) is 5.73 Å². The Morgan fingerprint density at radius 2 is 2.19 bits per heavy atom. The number of hydrogen-bond acceptors (Lipinski definition) is 3. The normalized spacial score (nSPS) is 10.4. The molecule has 0 bridgehead atoms. The van der Waals surface area contributed by atoms with Crippen LogP contribution in [0.15, 0.2) is 28.7 Å². The summed E-state index contributed by atoms with van der Waals surface area (Å²) >= 11 is 3.31. The lowest BCUT2D eigenvalue weighted by Gasteiger charge is -2.05. The standard InChI is InChI=1S/C14H15BrN4O2/c1-8-11(15)12(19-18-8)14(21)17-6-5-9-3-2-4-10(7-9)13(16)20/h2-4,7H,5-6H2,1H3,(H2,16,20)(H,17,21)(H,18,19). The monoisotopic (exact) mass is 350 g/mol. The van der Waals surface area contributed by atoms with Crippen LogP contribution in [0.5, 0.6) is 0 Å². The lowest BCUT2D eigenvalue weighted by Crippen LogP contribution is -2.26. The third-order valence-electron chi connectivity index (χ3n) is 3.00. The number of amides is 2. The molecule has 2 rings (SSSR count). The maximum absolute atomic E-state index is 11.9. The molecular formula is C14H15BrN4O2. The molecular weight excluding hydrogens is 336 g/mol. The predicted octanol–water partition coefficient (Wildman–Crippen LogP) is 1.55. The summed E-state index contributed by atoms with van der Waals surface area (Å²) in [5, 5.41) is 9.45. The first-order valence-corrected chi connectivity index (χ1v) is 7.15. The minimum absolute atomic E-state index is 0.253. The predicted molar refractivity (Wildman–Crippen MR) is 82.0 cm³/mol. The average Bonchev–Trinajstić information content (AvgIpc) is 2.79. The van der Waals surface area contributed by atoms with Crippen molar-refractivity contribution in [2.45, 2.75) is 13.3 Å². The highest BCUT2D eigenvalue weighted by molar-refractivity contribution is 9.10. The molecule has 4 N–H and O–H groups in total. The second kappa shape index (κ2) is 6.53. The summed E-state index contributed by atoms with van der Waals surface area (Å²) in [4.78, 5) is 23.0. The zero-order chi connectivity index (χ0) is 15.4. The van der Waals surface area contributed by atoms with E-state index in [-0.39, 0.29) is 5.91 Å². The van der Waals surface area contributed by atoms with Crippen molar-refractivity contribution in [2.75, 3.05) is 6.54 Å². The van der Waals surface area contributed by atoms with E-state index in [0.29, 0.717) is 28.7 Å². The summed E-state index contributed by atoms with van der Waals surface area (Å²) in [6.45, 7) is 2.27. The van der Waals surface area contributed by atoms with Crippen LogP contribution in [0.3, 0.4) is 0 Å². The quantitative estimate of drug-likeness (QED) is 0.762. The van der Waals surface area contributed by atoms with Crippen LogP contribution in [0.1, 0.15) is 32.1 Å². The Hall–Kier alpha value is -2.15. The molecule has 0 unspecified atom stereocenters. The van der Waals surface area contributed by atoms with Gasteiger partial charge < -0.3 is 11.1 Å². The zero-order valence-electron chi connectivity index (χ0n) is 11.4. The van der Waals surface area contributed by atoms with Gasteiger partial charge in [0.2, 0.25) is 5.91 Å². The lowest BCUT2D eigenvalue weighted by atomic mass is 10.1. The number of H-pyrrole nitrogens is 1. The molecule has 0 aliphatic rings. The van der Waals surface area contributed by atoms with Crippen molar-refractivity contribution in [1.29, 1.82) is 0 Å². The minimum atomic E-state index is -0.461. The van der Waals surface area contributed by atoms with Crippen LogP contribution in [-0.2, 0) is 6.42 Å². The number of benzene rings is 1. The van der Waals surface area contributed by atoms with E-state index < -0.39 is 5.91 Å². The van der Waals surface area contributed by atoms with Gasteiger partial charge in [-0.25, -0.2) is 0 Å². The lowest BCUT2D eigenvalue weighted by molar-refractivity contribution is 0.0946. The number of carbonyl (C=O) groups is 2. The Kier molecular flexibility index (Phi) is 4.74. The van der Waals surface area contributed by atoms with Crippen LogP contribution in [0.2, 0.25) is 0 Å². The van der Waals surface area contributed by atoms with Crippen LogP contribution in [-0.4, -0.2) is 28.6 Å². The van der Waals surface area contributed by atoms with Crippen molar-refractivity contribution in [2.24, 2.45) is 5.73 Å². The van der Waals surface area contributed by atoms with E-state index in [1.807, 2.05) is 13.0 Å². The smallest absolute Gasteiger partial charge is 0.272 e. The molecule has 6 nitrogen and oxygen atoms in total. The molecule has 21 heavy (non-hydrogen) atoms. The molecule has 2 aromatic rings. The van der Waals surface area contributed by atoms with Crippen molar-refractivity contribution in [3.8, 4) is 0 Å². The van der Waals surface area contributed by atoms with E-state index in [0.717, 1.165) is 11.3 Å². The van der Waals surface area contributed by atoms with Crippen LogP contribution in [0, 0.1) is 6.92 Å². The fourth-order valence-electron chi connectivity index (χ4n) is 1.85. The van der Waals surface area contributed by atoms with Gasteiger partial charge in [0.25, 0.3) is 5.91 Å². The fraction of sp³-hybridized carbons (Fsp3) is 0.214. The Bertz CT molecular complexity index is 681. The number of primary amides is 1. The largest absolute Gasteiger partial charge is 0.366 e. The van der Waals surface area contributed by atoms with Gasteiger partial charge in [0.15, 0.2) is 5.69 Å². The highest BCUT2D eigenvalue weighted by Crippen LogP contribution is 2.17. The van der Waals surface area contributed by atoms with Gasteiger partial charge in [0.05, 0.1) is 4.47 Å². The first kappa shape index (κ1) is 15.2. The summed E-state index contributed by atoms with van der Waals surface area (Å²) in [6, 6.07) is 7.04. The average molecular weight is 351 g/mol. The Morgan fingerprint density at radius 3 is 2.81 bits per heavy atom. The fourth-order valence-corrected chi connectivity index (χ4v) is 2.21. The molecule has 7 heteroatoms. The third-order valence-corrected chi connectivity index (χ3v) is 3.97. The Balaban J connectivity index is 1.92. The van der Waals surface area contributed by atoms with Crippen LogP contribution >= 0.6 is 15.9 Å². The summed E-state index contributed by atoms with van der Waals surface area (Å²) < 4.78 is 0.663. The van der Waals surface area contributed by atoms with Crippen LogP contribution in [0.25, 0.3) is 0 Å². The van der Waals surface area contributed by atoms with Gasteiger partial charge in [-0.05, 0) is 47.0 Å². The molecule has 0 fully saturated rings. The van der Waals surface area contributed by atoms with Gasteiger partial charge >= 0.3 is 0 Å². The van der Waals surface area contributed by atoms with Gasteiger partial charge in [-0.3, -0.25) is 14.7 Å². The molecule has 0 spiro atoms. The topological polar surface area (TPSA) is 101 Å². The number of halogens is 1. The Labute approximate surface area is 130 Å². The summed E-state index contributed by atoms with van der Waals surface area (Å²) in [7, 11) is 0. The Morgan fingerprint density at radius 1 is 1.43 bits per heavy atom. The third kappa shape index (κ3) is 3.69. The van der Waals surface area contributed by atoms with Crippen LogP contribution in [0.4, 0.5) is 0 Å². The summed E-state index contributed by atoms with van der Waals surface area (Å²) in [5.41, 5.74) is 7.76. The molecule has 110 valence electrons. The van der Waals surface area contributed by atoms with Crippen molar-refractivity contribution in [1.82, 2.24) is 15.5 Å². The molecule has 0 aliphatic heterocycles. The van der Waals surface area contributed by atoms with Gasteiger partial charge in [-0.1, -0.05) is 12.1 Å². The second-order valence-corrected chi connectivity index (χ2v) is 5.37. The molecule has 1 aromatic heterocycles. The van der Waals surface area contributed by atoms with Crippen molar-refractivity contribution in [3.05, 3.63) is 51.3 Å². The number of nitrogens with one attached hydrogen (secondary N) is 2. The van der Waals surface area contributed by atoms with Crippen molar-refractivity contribution >= 4 is 27.7 Å². The van der Waals surface area contributed by atoms with E-state index >= 15 is 0 Å². The summed E-state index contributed by atoms with van der Waals surface area (Å²) in [6.07, 6.45) is 0.605. The number of rotatable bonds is 5. The first-order valence-electron chi connectivity index (χ1n) is 6.36. The molecule has 0 aliphatic carbocycles. The zero-order valence-corrected chi connectivity index (χ0v) is 13.0. The number of nitrogens with zero attached hydrogens (tertiary/aromatic N) is 1. The van der Waals surface area contributed by atoms with Crippen LogP contribution < -0.4 is 11.1 Å². The van der Waals surface area contributed by atoms with E-state index in [9.17, 15) is 9.59 Å². The van der Waals surface area contributed by atoms with E-state index in [1.54, 1.807) is 18.2 Å². The first-order chi connectivity index (χ1) is 9.99. The minimum Gasteiger partial charge on any atom is -0.366 e. The molecule has 2 amide bonds. The summed E-state index contributed by atoms with van der Waals surface area (Å²) in [5.74, 6) is -0.714. The molecule has 0 saturated carbocycles. The number of aromatic amines is 1. The SMILES string of the molecule is Cc1[nH]nc(C(=O)NCCc2cccc(C(N)=O)c2)c1Br. The van der Waals surface area contributed by atoms with Gasteiger partial charge in [-0.2, -0.15) is 5.10 Å². The maximum atomic E-state index is 11.9. The van der Waals surface area contributed by atoms with Crippen molar-refractivity contribution in [3.63, 3.8) is 0 Å². The molecule has 0 radical (unpaired) electrons. The van der Waals surface area contributed by atoms with E-state index in [1.165, 1.54) is 0 Å². The highest BCUT2D eigenvalue weighted by atomic mass is 79.9. The van der Waals surface area contributed by atoms with Gasteiger partial charge in [0, 0.05) is 17.8 Å². The van der Waals surface area contributed by atoms with Gasteiger partial charge in [-0.15, -0.1) is 0 Å². The number of aromatic nitrogens is 2. The number of carbonyl (C=O) groups excluding carboxylic acids is 2. The molecule has 0 atom stereocenters. The molecule has 1 heterocycles. The number of nitrogens with two attached hydrogens (primary N) is 1. The maximum Gasteiger partial charge on any atom is 0.272 e. The van der Waals surface area contributed by atoms with Crippen molar-refractivity contribution < 1.29 is 9.59 Å². The molecule has 1 aromatic carbocycles. The molecule has 0 saturated heterocycles. The number of aryl methyl sites for hydroxylation is 1.